The Balaban J connectivity index is 0. The molecule has 1 fully saturated rings. The van der Waals surface area contributed by atoms with Crippen molar-refractivity contribution in [3.63, 3.8) is 0 Å². The van der Waals surface area contributed by atoms with Crippen LogP contribution in [0.25, 0.3) is 0 Å². The summed E-state index contributed by atoms with van der Waals surface area (Å²) in [7, 11) is 0. The minimum Gasteiger partial charge on any atom is -0.480 e. The third kappa shape index (κ3) is 4.14. The molecule has 0 saturated heterocycles. The molecule has 0 heterocycles. The monoisotopic (exact) mass is 215 g/mol. The second kappa shape index (κ2) is 6.52. The molecule has 0 aliphatic heterocycles. The lowest BCUT2D eigenvalue weighted by atomic mass is 9.81. The summed E-state index contributed by atoms with van der Waals surface area (Å²) < 4.78 is 0. The van der Waals surface area contributed by atoms with E-state index in [1.165, 1.54) is 19.3 Å². The zero-order valence-electron chi connectivity index (χ0n) is 6.73. The first-order chi connectivity index (χ1) is 4.70. The van der Waals surface area contributed by atoms with Crippen molar-refractivity contribution in [3.8, 4) is 0 Å². The lowest BCUT2D eigenvalue weighted by Crippen LogP contribution is -2.33. The number of carboxylic acid groups (broad SMARTS) is 1. The highest BCUT2D eigenvalue weighted by Gasteiger charge is 2.23. The average molecular weight is 216 g/mol. The Kier molecular flexibility index (Phi) is 7.89. The molecule has 1 aliphatic rings. The van der Waals surface area contributed by atoms with E-state index in [0.717, 1.165) is 0 Å². The predicted molar refractivity (Wildman–Crippen MR) is 52.1 cm³/mol. The van der Waals surface area contributed by atoms with Gasteiger partial charge in [0.1, 0.15) is 6.04 Å². The fraction of sp³-hybridized carbons (Fsp3) is 0.857. The van der Waals surface area contributed by atoms with E-state index >= 15 is 0 Å². The van der Waals surface area contributed by atoms with Crippen molar-refractivity contribution in [2.45, 2.75) is 31.7 Å². The lowest BCUT2D eigenvalue weighted by molar-refractivity contribution is -0.139. The number of hydrogen-bond acceptors (Lipinski definition) is 2. The van der Waals surface area contributed by atoms with Crippen molar-refractivity contribution < 1.29 is 9.90 Å². The van der Waals surface area contributed by atoms with Crippen LogP contribution in [-0.4, -0.2) is 17.1 Å². The predicted octanol–water partition coefficient (Wildman–Crippen LogP) is 1.43. The second-order valence-electron chi connectivity index (χ2n) is 2.98. The molecule has 0 spiro atoms. The van der Waals surface area contributed by atoms with Crippen LogP contribution in [0.1, 0.15) is 25.7 Å². The van der Waals surface area contributed by atoms with Crippen LogP contribution in [0.2, 0.25) is 0 Å². The fourth-order valence-electron chi connectivity index (χ4n) is 1.19. The van der Waals surface area contributed by atoms with Crippen molar-refractivity contribution in [3.05, 3.63) is 0 Å². The molecule has 0 aromatic rings. The molecule has 1 rings (SSSR count). The van der Waals surface area contributed by atoms with E-state index in [0.29, 0.717) is 12.3 Å². The summed E-state index contributed by atoms with van der Waals surface area (Å²) in [6.07, 6.45) is 4.24. The van der Waals surface area contributed by atoms with Gasteiger partial charge >= 0.3 is 5.97 Å². The Morgan fingerprint density at radius 2 is 2.00 bits per heavy atom. The first-order valence-corrected chi connectivity index (χ1v) is 3.68. The molecule has 1 atom stereocenters. The fourth-order valence-corrected chi connectivity index (χ4v) is 1.19. The summed E-state index contributed by atoms with van der Waals surface area (Å²) in [6, 6.07) is -0.634. The molecule has 0 bridgehead atoms. The molecule has 1 unspecified atom stereocenters. The van der Waals surface area contributed by atoms with Gasteiger partial charge in [0, 0.05) is 0 Å². The van der Waals surface area contributed by atoms with Crippen LogP contribution in [0.5, 0.6) is 0 Å². The van der Waals surface area contributed by atoms with Gasteiger partial charge in [-0.05, 0) is 12.3 Å². The molecular weight excluding hydrogens is 201 g/mol. The number of nitrogens with two attached hydrogens (primary N) is 1. The van der Waals surface area contributed by atoms with E-state index in [2.05, 4.69) is 0 Å². The first-order valence-electron chi connectivity index (χ1n) is 3.68. The summed E-state index contributed by atoms with van der Waals surface area (Å²) in [5, 5.41) is 8.43. The molecule has 0 aromatic heterocycles. The minimum absolute atomic E-state index is 0. The maximum Gasteiger partial charge on any atom is 0.320 e. The number of rotatable bonds is 3. The molecule has 5 heteroatoms. The third-order valence-corrected chi connectivity index (χ3v) is 2.13. The topological polar surface area (TPSA) is 63.3 Å². The van der Waals surface area contributed by atoms with Gasteiger partial charge in [0.2, 0.25) is 0 Å². The zero-order chi connectivity index (χ0) is 7.56. The normalized spacial score (nSPS) is 18.1. The second-order valence-corrected chi connectivity index (χ2v) is 2.98. The molecule has 1 aliphatic carbocycles. The molecule has 74 valence electrons. The van der Waals surface area contributed by atoms with Crippen LogP contribution in [0.15, 0.2) is 0 Å². The van der Waals surface area contributed by atoms with E-state index in [1.807, 2.05) is 0 Å². The number of carbonyl (C=O) groups is 1. The van der Waals surface area contributed by atoms with Crippen molar-refractivity contribution in [2.24, 2.45) is 11.7 Å². The van der Waals surface area contributed by atoms with Crippen LogP contribution in [0.3, 0.4) is 0 Å². The first kappa shape index (κ1) is 14.5. The van der Waals surface area contributed by atoms with Crippen molar-refractivity contribution in [2.75, 3.05) is 0 Å². The van der Waals surface area contributed by atoms with Gasteiger partial charge in [0.25, 0.3) is 0 Å². The standard InChI is InChI=1S/C7H13NO2.2ClH/c8-6(7(9)10)4-5-2-1-3-5;;/h5-6H,1-4,8H2,(H,9,10);2*1H. The minimum atomic E-state index is -0.869. The van der Waals surface area contributed by atoms with Crippen LogP contribution in [0, 0.1) is 5.92 Å². The van der Waals surface area contributed by atoms with E-state index in [4.69, 9.17) is 10.8 Å². The Hall–Kier alpha value is 0.01000. The van der Waals surface area contributed by atoms with Crippen molar-refractivity contribution in [1.29, 1.82) is 0 Å². The number of aliphatic carboxylic acids is 1. The smallest absolute Gasteiger partial charge is 0.320 e. The van der Waals surface area contributed by atoms with Crippen LogP contribution in [-0.2, 0) is 4.79 Å². The summed E-state index contributed by atoms with van der Waals surface area (Å²) in [5.41, 5.74) is 5.33. The summed E-state index contributed by atoms with van der Waals surface area (Å²) >= 11 is 0. The van der Waals surface area contributed by atoms with E-state index in [-0.39, 0.29) is 24.8 Å². The Morgan fingerprint density at radius 1 is 1.50 bits per heavy atom. The van der Waals surface area contributed by atoms with E-state index in [9.17, 15) is 4.79 Å². The third-order valence-electron chi connectivity index (χ3n) is 2.13. The van der Waals surface area contributed by atoms with Gasteiger partial charge in [-0.15, -0.1) is 24.8 Å². The summed E-state index contributed by atoms with van der Waals surface area (Å²) in [5.74, 6) is -0.280. The Labute approximate surface area is 84.5 Å². The molecule has 0 aromatic carbocycles. The molecule has 0 radical (unpaired) electrons. The van der Waals surface area contributed by atoms with Gasteiger partial charge < -0.3 is 10.8 Å². The number of carboxylic acids is 1. The molecular formula is C7H15Cl2NO2. The van der Waals surface area contributed by atoms with Crippen LogP contribution < -0.4 is 5.73 Å². The zero-order valence-corrected chi connectivity index (χ0v) is 8.37. The highest BCUT2D eigenvalue weighted by molar-refractivity contribution is 5.85. The molecule has 3 N–H and O–H groups in total. The van der Waals surface area contributed by atoms with Gasteiger partial charge in [-0.3, -0.25) is 4.79 Å². The lowest BCUT2D eigenvalue weighted by Gasteiger charge is -2.26. The van der Waals surface area contributed by atoms with E-state index in [1.54, 1.807) is 0 Å². The Morgan fingerprint density at radius 3 is 2.25 bits per heavy atom. The van der Waals surface area contributed by atoms with Gasteiger partial charge in [0.05, 0.1) is 0 Å². The highest BCUT2D eigenvalue weighted by atomic mass is 35.5. The van der Waals surface area contributed by atoms with Crippen LogP contribution >= 0.6 is 24.8 Å². The average Bonchev–Trinajstić information content (AvgIpc) is 1.77. The largest absolute Gasteiger partial charge is 0.480 e. The van der Waals surface area contributed by atoms with Crippen LogP contribution in [0.4, 0.5) is 0 Å². The molecule has 12 heavy (non-hydrogen) atoms. The maximum absolute atomic E-state index is 10.2. The quantitative estimate of drug-likeness (QED) is 0.750. The van der Waals surface area contributed by atoms with E-state index < -0.39 is 12.0 Å². The molecule has 0 amide bonds. The summed E-state index contributed by atoms with van der Waals surface area (Å²) in [6.45, 7) is 0. The van der Waals surface area contributed by atoms with Crippen molar-refractivity contribution in [1.82, 2.24) is 0 Å². The number of halogens is 2. The van der Waals surface area contributed by atoms with Gasteiger partial charge in [-0.2, -0.15) is 0 Å². The maximum atomic E-state index is 10.2. The SMILES string of the molecule is Cl.Cl.NC(CC1CCC1)C(=O)O. The van der Waals surface area contributed by atoms with Crippen molar-refractivity contribution >= 4 is 30.8 Å². The summed E-state index contributed by atoms with van der Waals surface area (Å²) in [4.78, 5) is 10.2. The van der Waals surface area contributed by atoms with Gasteiger partial charge in [-0.1, -0.05) is 19.3 Å². The number of hydrogen-bond donors (Lipinski definition) is 2. The molecule has 3 nitrogen and oxygen atoms in total. The van der Waals surface area contributed by atoms with Gasteiger partial charge in [0.15, 0.2) is 0 Å². The molecule has 1 saturated carbocycles. The van der Waals surface area contributed by atoms with Gasteiger partial charge in [-0.25, -0.2) is 0 Å². The highest BCUT2D eigenvalue weighted by Crippen LogP contribution is 2.29. The Bertz CT molecular complexity index is 139.